The van der Waals surface area contributed by atoms with E-state index in [2.05, 4.69) is 26.1 Å². The van der Waals surface area contributed by atoms with Gasteiger partial charge in [-0.2, -0.15) is 0 Å². The predicted octanol–water partition coefficient (Wildman–Crippen LogP) is 1.52. The molecule has 3 nitrogen and oxygen atoms in total. The summed E-state index contributed by atoms with van der Waals surface area (Å²) in [6.07, 6.45) is 0. The lowest BCUT2D eigenvalue weighted by atomic mass is 9.87. The highest BCUT2D eigenvalue weighted by molar-refractivity contribution is 5.82. The van der Waals surface area contributed by atoms with Crippen LogP contribution < -0.4 is 11.1 Å². The fourth-order valence-corrected chi connectivity index (χ4v) is 0.829. The van der Waals surface area contributed by atoms with E-state index < -0.39 is 6.04 Å². The summed E-state index contributed by atoms with van der Waals surface area (Å²) in [7, 11) is 0. The van der Waals surface area contributed by atoms with Gasteiger partial charge in [0.25, 0.3) is 0 Å². The van der Waals surface area contributed by atoms with E-state index in [-0.39, 0.29) is 23.3 Å². The van der Waals surface area contributed by atoms with Crippen LogP contribution in [0.15, 0.2) is 0 Å². The molecule has 2 atom stereocenters. The minimum Gasteiger partial charge on any atom is -0.352 e. The molecule has 0 fully saturated rings. The molecule has 3 heteroatoms. The van der Waals surface area contributed by atoms with Crippen LogP contribution >= 0.6 is 0 Å². The zero-order chi connectivity index (χ0) is 11.5. The van der Waals surface area contributed by atoms with Crippen molar-refractivity contribution in [3.63, 3.8) is 0 Å². The molecule has 1 amide bonds. The number of carbonyl (C=O) groups is 1. The largest absolute Gasteiger partial charge is 0.352 e. The smallest absolute Gasteiger partial charge is 0.237 e. The average Bonchev–Trinajstić information content (AvgIpc) is 2.00. The lowest BCUT2D eigenvalue weighted by Crippen LogP contribution is -2.50. The molecule has 0 radical (unpaired) electrons. The fourth-order valence-electron chi connectivity index (χ4n) is 0.829. The molecule has 84 valence electrons. The molecule has 0 aromatic heterocycles. The van der Waals surface area contributed by atoms with Gasteiger partial charge in [-0.1, -0.05) is 34.6 Å². The van der Waals surface area contributed by atoms with Gasteiger partial charge in [0.2, 0.25) is 5.91 Å². The summed E-state index contributed by atoms with van der Waals surface area (Å²) >= 11 is 0. The normalized spacial score (nSPS) is 16.6. The number of hydrogen-bond acceptors (Lipinski definition) is 2. The van der Waals surface area contributed by atoms with Crippen LogP contribution in [0.1, 0.15) is 41.5 Å². The Morgan fingerprint density at radius 2 is 1.64 bits per heavy atom. The van der Waals surface area contributed by atoms with Crippen molar-refractivity contribution in [1.82, 2.24) is 5.32 Å². The summed E-state index contributed by atoms with van der Waals surface area (Å²) in [4.78, 5) is 11.6. The maximum atomic E-state index is 11.6. The Morgan fingerprint density at radius 1 is 1.21 bits per heavy atom. The maximum Gasteiger partial charge on any atom is 0.237 e. The molecule has 0 heterocycles. The van der Waals surface area contributed by atoms with Crippen LogP contribution in [0.2, 0.25) is 0 Å². The monoisotopic (exact) mass is 200 g/mol. The standard InChI is InChI=1S/C11H24N2O/c1-7(2)9(12)10(14)13-8(3)11(4,5)6/h7-9H,12H2,1-6H3,(H,13,14)/t8?,9-/m0/s1. The second-order valence-corrected chi connectivity index (χ2v) is 5.37. The van der Waals surface area contributed by atoms with E-state index in [1.807, 2.05) is 20.8 Å². The van der Waals surface area contributed by atoms with E-state index in [0.29, 0.717) is 0 Å². The van der Waals surface area contributed by atoms with Crippen LogP contribution in [0.5, 0.6) is 0 Å². The molecule has 0 aromatic carbocycles. The zero-order valence-electron chi connectivity index (χ0n) is 10.2. The number of rotatable bonds is 3. The highest BCUT2D eigenvalue weighted by Gasteiger charge is 2.25. The minimum atomic E-state index is -0.403. The van der Waals surface area contributed by atoms with Gasteiger partial charge in [0.15, 0.2) is 0 Å². The van der Waals surface area contributed by atoms with E-state index in [4.69, 9.17) is 5.73 Å². The third-order valence-corrected chi connectivity index (χ3v) is 2.68. The maximum absolute atomic E-state index is 11.6. The lowest BCUT2D eigenvalue weighted by molar-refractivity contribution is -0.124. The molecule has 14 heavy (non-hydrogen) atoms. The van der Waals surface area contributed by atoms with Gasteiger partial charge >= 0.3 is 0 Å². The Bertz CT molecular complexity index is 194. The van der Waals surface area contributed by atoms with Gasteiger partial charge in [0, 0.05) is 6.04 Å². The fraction of sp³-hybridized carbons (Fsp3) is 0.909. The van der Waals surface area contributed by atoms with Gasteiger partial charge in [-0.05, 0) is 18.3 Å². The van der Waals surface area contributed by atoms with Crippen molar-refractivity contribution in [2.24, 2.45) is 17.1 Å². The Hall–Kier alpha value is -0.570. The summed E-state index contributed by atoms with van der Waals surface area (Å²) in [5.74, 6) is 0.129. The molecule has 0 spiro atoms. The van der Waals surface area contributed by atoms with Crippen LogP contribution in [0.3, 0.4) is 0 Å². The van der Waals surface area contributed by atoms with Crippen molar-refractivity contribution >= 4 is 5.91 Å². The number of hydrogen-bond donors (Lipinski definition) is 2. The summed E-state index contributed by atoms with van der Waals surface area (Å²) in [5.41, 5.74) is 5.82. The third kappa shape index (κ3) is 4.09. The van der Waals surface area contributed by atoms with Crippen molar-refractivity contribution in [2.75, 3.05) is 0 Å². The first-order valence-corrected chi connectivity index (χ1v) is 5.22. The van der Waals surface area contributed by atoms with Crippen LogP contribution in [0.25, 0.3) is 0 Å². The molecule has 1 unspecified atom stereocenters. The van der Waals surface area contributed by atoms with Gasteiger partial charge < -0.3 is 11.1 Å². The van der Waals surface area contributed by atoms with Gasteiger partial charge in [0.1, 0.15) is 0 Å². The first kappa shape index (κ1) is 13.4. The number of amides is 1. The Morgan fingerprint density at radius 3 is 1.93 bits per heavy atom. The molecule has 0 aromatic rings. The van der Waals surface area contributed by atoms with Gasteiger partial charge in [-0.3, -0.25) is 4.79 Å². The number of nitrogens with two attached hydrogens (primary N) is 1. The van der Waals surface area contributed by atoms with E-state index in [0.717, 1.165) is 0 Å². The molecule has 0 aliphatic heterocycles. The third-order valence-electron chi connectivity index (χ3n) is 2.68. The number of carbonyl (C=O) groups excluding carboxylic acids is 1. The second-order valence-electron chi connectivity index (χ2n) is 5.37. The van der Waals surface area contributed by atoms with Gasteiger partial charge in [0.05, 0.1) is 6.04 Å². The molecular weight excluding hydrogens is 176 g/mol. The van der Waals surface area contributed by atoms with Crippen molar-refractivity contribution in [3.05, 3.63) is 0 Å². The first-order chi connectivity index (χ1) is 6.16. The summed E-state index contributed by atoms with van der Waals surface area (Å²) < 4.78 is 0. The minimum absolute atomic E-state index is 0.0533. The quantitative estimate of drug-likeness (QED) is 0.725. The molecule has 0 rings (SSSR count). The average molecular weight is 200 g/mol. The first-order valence-electron chi connectivity index (χ1n) is 5.22. The molecular formula is C11H24N2O. The van der Waals surface area contributed by atoms with Gasteiger partial charge in [-0.25, -0.2) is 0 Å². The van der Waals surface area contributed by atoms with E-state index in [1.165, 1.54) is 0 Å². The Balaban J connectivity index is 4.20. The molecule has 3 N–H and O–H groups in total. The van der Waals surface area contributed by atoms with E-state index in [9.17, 15) is 4.79 Å². The van der Waals surface area contributed by atoms with Gasteiger partial charge in [-0.15, -0.1) is 0 Å². The van der Waals surface area contributed by atoms with E-state index >= 15 is 0 Å². The highest BCUT2D eigenvalue weighted by atomic mass is 16.2. The Kier molecular flexibility index (Phi) is 4.59. The summed E-state index contributed by atoms with van der Waals surface area (Å²) in [5, 5.41) is 2.94. The van der Waals surface area contributed by atoms with Crippen LogP contribution in [0, 0.1) is 11.3 Å². The Labute approximate surface area is 87.4 Å². The molecule has 0 aliphatic carbocycles. The summed E-state index contributed by atoms with van der Waals surface area (Å²) in [6, 6.07) is -0.264. The molecule has 0 aliphatic rings. The van der Waals surface area contributed by atoms with Crippen molar-refractivity contribution < 1.29 is 4.79 Å². The molecule has 0 saturated carbocycles. The second kappa shape index (κ2) is 4.78. The van der Waals surface area contributed by atoms with Crippen molar-refractivity contribution in [1.29, 1.82) is 0 Å². The molecule has 0 bridgehead atoms. The predicted molar refractivity (Wildman–Crippen MR) is 59.9 cm³/mol. The highest BCUT2D eigenvalue weighted by Crippen LogP contribution is 2.18. The van der Waals surface area contributed by atoms with Crippen molar-refractivity contribution in [3.8, 4) is 0 Å². The summed E-state index contributed by atoms with van der Waals surface area (Å²) in [6.45, 7) is 12.2. The van der Waals surface area contributed by atoms with Crippen molar-refractivity contribution in [2.45, 2.75) is 53.6 Å². The SMILES string of the molecule is CC(C)[C@H](N)C(=O)NC(C)C(C)(C)C. The van der Waals surface area contributed by atoms with Crippen LogP contribution in [0.4, 0.5) is 0 Å². The van der Waals surface area contributed by atoms with Crippen LogP contribution in [-0.2, 0) is 4.79 Å². The number of nitrogens with one attached hydrogen (secondary N) is 1. The van der Waals surface area contributed by atoms with E-state index in [1.54, 1.807) is 0 Å². The zero-order valence-corrected chi connectivity index (χ0v) is 10.2. The molecule has 0 saturated heterocycles. The lowest BCUT2D eigenvalue weighted by Gasteiger charge is -2.29. The topological polar surface area (TPSA) is 55.1 Å². The van der Waals surface area contributed by atoms with Crippen LogP contribution in [-0.4, -0.2) is 18.0 Å².